The number of hydrogen-bond acceptors (Lipinski definition) is 4. The predicted octanol–water partition coefficient (Wildman–Crippen LogP) is 7.83. The van der Waals surface area contributed by atoms with Crippen molar-refractivity contribution in [1.29, 1.82) is 0 Å². The lowest BCUT2D eigenvalue weighted by molar-refractivity contribution is -0.144. The van der Waals surface area contributed by atoms with Gasteiger partial charge in [-0.3, -0.25) is 9.59 Å². The van der Waals surface area contributed by atoms with Gasteiger partial charge in [-0.1, -0.05) is 96.8 Å². The molecule has 0 saturated heterocycles. The molecule has 33 heavy (non-hydrogen) atoms. The van der Waals surface area contributed by atoms with Crippen LogP contribution in [-0.2, 0) is 14.3 Å². The topological polar surface area (TPSA) is 64.6 Å². The van der Waals surface area contributed by atoms with Crippen LogP contribution in [0, 0.1) is 0 Å². The number of nitrogens with one attached hydrogen (secondary N) is 1. The molecule has 0 saturated carbocycles. The maximum Gasteiger partial charge on any atom is 0.305 e. The summed E-state index contributed by atoms with van der Waals surface area (Å²) in [6.07, 6.45) is 20.3. The Morgan fingerprint density at radius 2 is 1.18 bits per heavy atom. The Morgan fingerprint density at radius 3 is 1.67 bits per heavy atom. The van der Waals surface area contributed by atoms with E-state index in [1.165, 1.54) is 90.4 Å². The third-order valence-electron chi connectivity index (χ3n) is 5.77. The molecule has 5 heteroatoms. The highest BCUT2D eigenvalue weighted by Crippen LogP contribution is 2.16. The number of unbranched alkanes of at least 4 members (excludes halogenated alkanes) is 14. The lowest BCUT2D eigenvalue weighted by Gasteiger charge is -2.08. The number of benzene rings is 1. The van der Waals surface area contributed by atoms with Gasteiger partial charge in [-0.05, 0) is 30.7 Å². The summed E-state index contributed by atoms with van der Waals surface area (Å²) < 4.78 is 10.8. The Balaban J connectivity index is 1.84. The van der Waals surface area contributed by atoms with Crippen molar-refractivity contribution in [2.45, 2.75) is 117 Å². The van der Waals surface area contributed by atoms with Crippen LogP contribution in [0.3, 0.4) is 0 Å². The number of carbonyl (C=O) groups excluding carboxylic acids is 2. The number of esters is 1. The molecule has 0 aliphatic rings. The van der Waals surface area contributed by atoms with Crippen molar-refractivity contribution in [2.75, 3.05) is 18.5 Å². The molecular weight excluding hydrogens is 414 g/mol. The molecule has 0 fully saturated rings. The molecule has 0 heterocycles. The van der Waals surface area contributed by atoms with E-state index in [0.29, 0.717) is 18.8 Å². The fourth-order valence-corrected chi connectivity index (χ4v) is 3.87. The largest absolute Gasteiger partial charge is 0.490 e. The van der Waals surface area contributed by atoms with Gasteiger partial charge in [-0.2, -0.15) is 0 Å². The van der Waals surface area contributed by atoms with Crippen LogP contribution >= 0.6 is 0 Å². The van der Waals surface area contributed by atoms with E-state index in [2.05, 4.69) is 12.2 Å². The van der Waals surface area contributed by atoms with E-state index in [1.807, 2.05) is 0 Å². The van der Waals surface area contributed by atoms with Crippen LogP contribution in [0.1, 0.15) is 117 Å². The smallest absolute Gasteiger partial charge is 0.305 e. The van der Waals surface area contributed by atoms with Gasteiger partial charge in [0.05, 0.1) is 0 Å². The number of hydrogen-bond donors (Lipinski definition) is 1. The van der Waals surface area contributed by atoms with Gasteiger partial charge in [-0.15, -0.1) is 0 Å². The average Bonchev–Trinajstić information content (AvgIpc) is 2.80. The zero-order valence-electron chi connectivity index (χ0n) is 21.2. The Bertz CT molecular complexity index is 615. The summed E-state index contributed by atoms with van der Waals surface area (Å²) in [5.74, 6) is 0.432. The van der Waals surface area contributed by atoms with Crippen LogP contribution in [0.25, 0.3) is 0 Å². The number of ether oxygens (including phenoxy) is 2. The van der Waals surface area contributed by atoms with Gasteiger partial charge in [0.25, 0.3) is 0 Å². The third kappa shape index (κ3) is 18.1. The van der Waals surface area contributed by atoms with Crippen LogP contribution in [-0.4, -0.2) is 25.1 Å². The molecule has 0 aromatic heterocycles. The molecule has 0 bridgehead atoms. The van der Waals surface area contributed by atoms with Crippen LogP contribution < -0.4 is 10.1 Å². The van der Waals surface area contributed by atoms with Gasteiger partial charge in [0.1, 0.15) is 19.0 Å². The number of amides is 1. The average molecular weight is 462 g/mol. The maximum absolute atomic E-state index is 11.8. The predicted molar refractivity (Wildman–Crippen MR) is 137 cm³/mol. The van der Waals surface area contributed by atoms with Crippen molar-refractivity contribution in [2.24, 2.45) is 0 Å². The number of carbonyl (C=O) groups is 2. The van der Waals surface area contributed by atoms with Gasteiger partial charge in [0.2, 0.25) is 5.91 Å². The summed E-state index contributed by atoms with van der Waals surface area (Å²) in [6.45, 7) is 4.32. The molecular formula is C28H47NO4. The molecule has 1 N–H and O–H groups in total. The van der Waals surface area contributed by atoms with Crippen molar-refractivity contribution in [3.05, 3.63) is 24.3 Å². The van der Waals surface area contributed by atoms with E-state index in [4.69, 9.17) is 9.47 Å². The minimum atomic E-state index is -0.144. The van der Waals surface area contributed by atoms with Crippen molar-refractivity contribution in [1.82, 2.24) is 0 Å². The van der Waals surface area contributed by atoms with E-state index in [-0.39, 0.29) is 18.5 Å². The molecule has 1 aromatic rings. The normalized spacial score (nSPS) is 10.7. The summed E-state index contributed by atoms with van der Waals surface area (Å²) in [4.78, 5) is 22.8. The molecule has 1 aromatic carbocycles. The lowest BCUT2D eigenvalue weighted by atomic mass is 10.0. The molecule has 1 amide bonds. The first kappa shape index (κ1) is 29.0. The maximum atomic E-state index is 11.8. The molecule has 0 spiro atoms. The highest BCUT2D eigenvalue weighted by molar-refractivity contribution is 5.88. The minimum absolute atomic E-state index is 0.107. The van der Waals surface area contributed by atoms with Crippen LogP contribution in [0.15, 0.2) is 24.3 Å². The van der Waals surface area contributed by atoms with Gasteiger partial charge >= 0.3 is 5.97 Å². The fourth-order valence-electron chi connectivity index (χ4n) is 3.87. The van der Waals surface area contributed by atoms with Gasteiger partial charge < -0.3 is 14.8 Å². The molecule has 188 valence electrons. The van der Waals surface area contributed by atoms with Gasteiger partial charge in [-0.25, -0.2) is 0 Å². The second-order valence-electron chi connectivity index (χ2n) is 8.97. The lowest BCUT2D eigenvalue weighted by Crippen LogP contribution is -2.12. The highest BCUT2D eigenvalue weighted by atomic mass is 16.6. The first-order valence-corrected chi connectivity index (χ1v) is 13.3. The molecule has 0 aliphatic heterocycles. The Labute approximate surface area is 202 Å². The van der Waals surface area contributed by atoms with Crippen molar-refractivity contribution >= 4 is 17.6 Å². The summed E-state index contributed by atoms with van der Waals surface area (Å²) in [6, 6.07) is 7.11. The van der Waals surface area contributed by atoms with E-state index < -0.39 is 0 Å². The third-order valence-corrected chi connectivity index (χ3v) is 5.77. The standard InChI is InChI=1S/C28H47NO4/c1-3-4-5-6-7-8-9-10-11-12-13-14-15-16-17-18-28(31)33-24-23-32-27-21-19-26(20-22-27)29-25(2)30/h19-22H,3-18,23-24H2,1-2H3,(H,29,30). The van der Waals surface area contributed by atoms with Crippen LogP contribution in [0.5, 0.6) is 5.75 Å². The van der Waals surface area contributed by atoms with Crippen molar-refractivity contribution < 1.29 is 19.1 Å². The summed E-state index contributed by atoms with van der Waals surface area (Å²) >= 11 is 0. The van der Waals surface area contributed by atoms with E-state index in [0.717, 1.165) is 18.5 Å². The highest BCUT2D eigenvalue weighted by Gasteiger charge is 2.03. The molecule has 5 nitrogen and oxygen atoms in total. The molecule has 0 radical (unpaired) electrons. The fraction of sp³-hybridized carbons (Fsp3) is 0.714. The SMILES string of the molecule is CCCCCCCCCCCCCCCCCC(=O)OCCOc1ccc(NC(C)=O)cc1. The summed E-state index contributed by atoms with van der Waals surface area (Å²) in [7, 11) is 0. The van der Waals surface area contributed by atoms with Crippen molar-refractivity contribution in [3.8, 4) is 5.75 Å². The van der Waals surface area contributed by atoms with E-state index >= 15 is 0 Å². The molecule has 0 aliphatic carbocycles. The Hall–Kier alpha value is -2.04. The van der Waals surface area contributed by atoms with E-state index in [9.17, 15) is 9.59 Å². The molecule has 1 rings (SSSR count). The van der Waals surface area contributed by atoms with Gasteiger partial charge in [0, 0.05) is 19.0 Å². The molecule has 0 atom stereocenters. The van der Waals surface area contributed by atoms with Crippen molar-refractivity contribution in [3.63, 3.8) is 0 Å². The second kappa shape index (κ2) is 20.6. The second-order valence-corrected chi connectivity index (χ2v) is 8.97. The quantitative estimate of drug-likeness (QED) is 0.150. The monoisotopic (exact) mass is 461 g/mol. The number of anilines is 1. The Kier molecular flexibility index (Phi) is 18.1. The zero-order valence-corrected chi connectivity index (χ0v) is 21.2. The van der Waals surface area contributed by atoms with E-state index in [1.54, 1.807) is 24.3 Å². The summed E-state index contributed by atoms with van der Waals surface area (Å²) in [5.41, 5.74) is 0.727. The zero-order chi connectivity index (χ0) is 24.0. The first-order valence-electron chi connectivity index (χ1n) is 13.3. The Morgan fingerprint density at radius 1 is 0.697 bits per heavy atom. The van der Waals surface area contributed by atoms with Gasteiger partial charge in [0.15, 0.2) is 0 Å². The number of rotatable bonds is 21. The minimum Gasteiger partial charge on any atom is -0.490 e. The van der Waals surface area contributed by atoms with Crippen LogP contribution in [0.4, 0.5) is 5.69 Å². The van der Waals surface area contributed by atoms with Crippen LogP contribution in [0.2, 0.25) is 0 Å². The molecule has 0 unspecified atom stereocenters. The summed E-state index contributed by atoms with van der Waals surface area (Å²) in [5, 5.41) is 2.70. The first-order chi connectivity index (χ1) is 16.1.